The Morgan fingerprint density at radius 3 is 2.38 bits per heavy atom. The SMILES string of the molecule is Cc1ccc(C)c(S(=O)(=O)NCc2ccccc2Cl)c1N. The number of hydrogen-bond acceptors (Lipinski definition) is 3. The monoisotopic (exact) mass is 324 g/mol. The smallest absolute Gasteiger partial charge is 0.243 e. The predicted octanol–water partition coefficient (Wildman–Crippen LogP) is 3.02. The Morgan fingerprint density at radius 2 is 1.71 bits per heavy atom. The van der Waals surface area contributed by atoms with Crippen molar-refractivity contribution in [2.24, 2.45) is 0 Å². The van der Waals surface area contributed by atoms with Crippen molar-refractivity contribution in [1.29, 1.82) is 0 Å². The van der Waals surface area contributed by atoms with Crippen molar-refractivity contribution in [2.45, 2.75) is 25.3 Å². The van der Waals surface area contributed by atoms with Crippen LogP contribution >= 0.6 is 11.6 Å². The highest BCUT2D eigenvalue weighted by atomic mass is 35.5. The highest BCUT2D eigenvalue weighted by molar-refractivity contribution is 7.89. The van der Waals surface area contributed by atoms with E-state index in [1.54, 1.807) is 44.2 Å². The second kappa shape index (κ2) is 6.05. The van der Waals surface area contributed by atoms with Crippen LogP contribution in [0.2, 0.25) is 5.02 Å². The fraction of sp³-hybridized carbons (Fsp3) is 0.200. The Bertz CT molecular complexity index is 773. The number of halogens is 1. The standard InChI is InChI=1S/C15H17ClN2O2S/c1-10-7-8-11(2)15(14(10)17)21(19,20)18-9-12-5-3-4-6-13(12)16/h3-8,18H,9,17H2,1-2H3. The zero-order valence-corrected chi connectivity index (χ0v) is 13.4. The van der Waals surface area contributed by atoms with E-state index in [1.807, 2.05) is 6.07 Å². The third-order valence-corrected chi connectivity index (χ3v) is 5.26. The van der Waals surface area contributed by atoms with Gasteiger partial charge in [0.05, 0.1) is 5.69 Å². The van der Waals surface area contributed by atoms with E-state index in [2.05, 4.69) is 4.72 Å². The first-order valence-electron chi connectivity index (χ1n) is 6.41. The minimum atomic E-state index is -3.69. The zero-order chi connectivity index (χ0) is 15.6. The van der Waals surface area contributed by atoms with E-state index in [-0.39, 0.29) is 17.1 Å². The van der Waals surface area contributed by atoms with Gasteiger partial charge in [-0.2, -0.15) is 0 Å². The molecule has 0 radical (unpaired) electrons. The van der Waals surface area contributed by atoms with Crippen LogP contribution in [0, 0.1) is 13.8 Å². The topological polar surface area (TPSA) is 72.2 Å². The van der Waals surface area contributed by atoms with Crippen LogP contribution in [0.4, 0.5) is 5.69 Å². The first kappa shape index (κ1) is 15.8. The molecule has 0 saturated heterocycles. The number of nitrogens with one attached hydrogen (secondary N) is 1. The Balaban J connectivity index is 2.32. The average molecular weight is 325 g/mol. The van der Waals surface area contributed by atoms with E-state index in [0.717, 1.165) is 5.56 Å². The third kappa shape index (κ3) is 3.37. The molecule has 2 rings (SSSR count). The van der Waals surface area contributed by atoms with Gasteiger partial charge in [0.25, 0.3) is 0 Å². The summed E-state index contributed by atoms with van der Waals surface area (Å²) in [7, 11) is -3.69. The third-order valence-electron chi connectivity index (χ3n) is 3.29. The summed E-state index contributed by atoms with van der Waals surface area (Å²) in [6.07, 6.45) is 0. The van der Waals surface area contributed by atoms with Gasteiger partial charge in [-0.05, 0) is 36.6 Å². The molecule has 3 N–H and O–H groups in total. The van der Waals surface area contributed by atoms with Gasteiger partial charge in [-0.25, -0.2) is 13.1 Å². The number of hydrogen-bond donors (Lipinski definition) is 2. The molecule has 0 aliphatic heterocycles. The summed E-state index contributed by atoms with van der Waals surface area (Å²) in [5, 5.41) is 0.522. The molecule has 6 heteroatoms. The molecule has 0 spiro atoms. The van der Waals surface area contributed by atoms with Gasteiger partial charge in [0, 0.05) is 11.6 Å². The van der Waals surface area contributed by atoms with Crippen molar-refractivity contribution >= 4 is 27.3 Å². The zero-order valence-electron chi connectivity index (χ0n) is 11.9. The van der Waals surface area contributed by atoms with Crippen molar-refractivity contribution < 1.29 is 8.42 Å². The van der Waals surface area contributed by atoms with Crippen LogP contribution in [-0.4, -0.2) is 8.42 Å². The normalized spacial score (nSPS) is 11.6. The van der Waals surface area contributed by atoms with E-state index >= 15 is 0 Å². The molecule has 0 amide bonds. The van der Waals surface area contributed by atoms with Crippen LogP contribution in [0.25, 0.3) is 0 Å². The molecule has 0 bridgehead atoms. The Hall–Kier alpha value is -1.56. The Labute approximate surface area is 130 Å². The highest BCUT2D eigenvalue weighted by Crippen LogP contribution is 2.26. The number of benzene rings is 2. The van der Waals surface area contributed by atoms with Gasteiger partial charge in [-0.15, -0.1) is 0 Å². The largest absolute Gasteiger partial charge is 0.397 e. The molecule has 21 heavy (non-hydrogen) atoms. The first-order chi connectivity index (χ1) is 9.83. The maximum Gasteiger partial charge on any atom is 0.243 e. The van der Waals surface area contributed by atoms with E-state index in [0.29, 0.717) is 16.1 Å². The lowest BCUT2D eigenvalue weighted by Crippen LogP contribution is -2.25. The molecule has 0 saturated carbocycles. The highest BCUT2D eigenvalue weighted by Gasteiger charge is 2.21. The lowest BCUT2D eigenvalue weighted by Gasteiger charge is -2.14. The van der Waals surface area contributed by atoms with Gasteiger partial charge in [-0.3, -0.25) is 0 Å². The van der Waals surface area contributed by atoms with Crippen LogP contribution in [0.1, 0.15) is 16.7 Å². The van der Waals surface area contributed by atoms with Crippen molar-refractivity contribution in [3.05, 3.63) is 58.1 Å². The van der Waals surface area contributed by atoms with Gasteiger partial charge in [0.2, 0.25) is 10.0 Å². The number of aryl methyl sites for hydroxylation is 2. The fourth-order valence-electron chi connectivity index (χ4n) is 2.05. The Kier molecular flexibility index (Phi) is 4.56. The predicted molar refractivity (Wildman–Crippen MR) is 85.8 cm³/mol. The fourth-order valence-corrected chi connectivity index (χ4v) is 3.69. The molecule has 2 aromatic carbocycles. The molecule has 0 aromatic heterocycles. The van der Waals surface area contributed by atoms with Gasteiger partial charge in [0.1, 0.15) is 4.90 Å². The molecular weight excluding hydrogens is 308 g/mol. The van der Waals surface area contributed by atoms with Crippen LogP contribution in [0.3, 0.4) is 0 Å². The summed E-state index contributed by atoms with van der Waals surface area (Å²) in [4.78, 5) is 0.134. The maximum absolute atomic E-state index is 12.5. The lowest BCUT2D eigenvalue weighted by molar-refractivity contribution is 0.581. The van der Waals surface area contributed by atoms with Crippen LogP contribution in [0.5, 0.6) is 0 Å². The van der Waals surface area contributed by atoms with Crippen molar-refractivity contribution in [2.75, 3.05) is 5.73 Å². The molecule has 2 aromatic rings. The minimum absolute atomic E-state index is 0.120. The summed E-state index contributed by atoms with van der Waals surface area (Å²) >= 11 is 6.03. The summed E-state index contributed by atoms with van der Waals surface area (Å²) in [6, 6.07) is 10.6. The molecule has 0 heterocycles. The van der Waals surface area contributed by atoms with Gasteiger partial charge in [0.15, 0.2) is 0 Å². The first-order valence-corrected chi connectivity index (χ1v) is 8.28. The molecule has 0 atom stereocenters. The summed E-state index contributed by atoms with van der Waals surface area (Å²) in [5.74, 6) is 0. The number of anilines is 1. The second-order valence-electron chi connectivity index (χ2n) is 4.86. The number of rotatable bonds is 4. The maximum atomic E-state index is 12.5. The molecule has 4 nitrogen and oxygen atoms in total. The number of sulfonamides is 1. The molecular formula is C15H17ClN2O2S. The van der Waals surface area contributed by atoms with Crippen molar-refractivity contribution in [3.63, 3.8) is 0 Å². The van der Waals surface area contributed by atoms with E-state index < -0.39 is 10.0 Å². The lowest BCUT2D eigenvalue weighted by atomic mass is 10.1. The van der Waals surface area contributed by atoms with E-state index in [4.69, 9.17) is 17.3 Å². The molecule has 0 unspecified atom stereocenters. The Morgan fingerprint density at radius 1 is 1.10 bits per heavy atom. The van der Waals surface area contributed by atoms with Crippen molar-refractivity contribution in [3.8, 4) is 0 Å². The van der Waals surface area contributed by atoms with Crippen LogP contribution < -0.4 is 10.5 Å². The van der Waals surface area contributed by atoms with Crippen LogP contribution in [0.15, 0.2) is 41.3 Å². The number of nitrogens with two attached hydrogens (primary N) is 1. The van der Waals surface area contributed by atoms with Crippen molar-refractivity contribution in [1.82, 2.24) is 4.72 Å². The molecule has 112 valence electrons. The minimum Gasteiger partial charge on any atom is -0.397 e. The quantitative estimate of drug-likeness (QED) is 0.849. The van der Waals surface area contributed by atoms with E-state index in [1.165, 1.54) is 0 Å². The molecule has 0 aliphatic rings. The molecule has 0 aliphatic carbocycles. The summed E-state index contributed by atoms with van der Waals surface area (Å²) in [5.41, 5.74) is 8.27. The molecule has 0 fully saturated rings. The second-order valence-corrected chi connectivity index (χ2v) is 6.97. The summed E-state index contributed by atoms with van der Waals surface area (Å²) < 4.78 is 27.5. The summed E-state index contributed by atoms with van der Waals surface area (Å²) in [6.45, 7) is 3.62. The van der Waals surface area contributed by atoms with Gasteiger partial charge >= 0.3 is 0 Å². The van der Waals surface area contributed by atoms with E-state index in [9.17, 15) is 8.42 Å². The average Bonchev–Trinajstić information content (AvgIpc) is 2.42. The number of nitrogen functional groups attached to an aromatic ring is 1. The van der Waals surface area contributed by atoms with Crippen LogP contribution in [-0.2, 0) is 16.6 Å². The van der Waals surface area contributed by atoms with Gasteiger partial charge < -0.3 is 5.73 Å². The van der Waals surface area contributed by atoms with Gasteiger partial charge in [-0.1, -0.05) is 41.9 Å².